The van der Waals surface area contributed by atoms with Gasteiger partial charge >= 0.3 is 0 Å². The number of rotatable bonds is 6. The third kappa shape index (κ3) is 3.78. The Labute approximate surface area is 111 Å². The average molecular weight is 263 g/mol. The smallest absolute Gasteiger partial charge is 0.202 e. The monoisotopic (exact) mass is 263 g/mol. The van der Waals surface area contributed by atoms with Gasteiger partial charge in [-0.1, -0.05) is 29.8 Å². The van der Waals surface area contributed by atoms with E-state index in [1.54, 1.807) is 7.11 Å². The summed E-state index contributed by atoms with van der Waals surface area (Å²) in [6.07, 6.45) is 0.780. The van der Waals surface area contributed by atoms with Gasteiger partial charge in [0.05, 0.1) is 6.61 Å². The van der Waals surface area contributed by atoms with Gasteiger partial charge in [0.25, 0.3) is 0 Å². The maximum absolute atomic E-state index is 4.97. The van der Waals surface area contributed by atoms with Gasteiger partial charge in [-0.3, -0.25) is 0 Å². The Bertz CT molecular complexity index is 481. The Morgan fingerprint density at radius 2 is 2.06 bits per heavy atom. The zero-order valence-corrected chi connectivity index (χ0v) is 11.5. The van der Waals surface area contributed by atoms with Crippen LogP contribution in [-0.2, 0) is 11.2 Å². The summed E-state index contributed by atoms with van der Waals surface area (Å²) in [5.74, 6) is 0.865. The van der Waals surface area contributed by atoms with Crippen molar-refractivity contribution in [3.63, 3.8) is 0 Å². The van der Waals surface area contributed by atoms with E-state index in [9.17, 15) is 0 Å². The second kappa shape index (κ2) is 6.47. The quantitative estimate of drug-likeness (QED) is 0.813. The topological polar surface area (TPSA) is 47.0 Å². The van der Waals surface area contributed by atoms with Gasteiger partial charge in [0.1, 0.15) is 5.82 Å². The van der Waals surface area contributed by atoms with E-state index in [0.29, 0.717) is 6.61 Å². The molecule has 0 saturated carbocycles. The number of anilines is 1. The standard InChI is InChI=1S/C13H17N3OS/c1-10-3-5-11(6-4-10)9-12-15-13(18-16-12)14-7-8-17-2/h3-6H,7-9H2,1-2H3,(H,14,15,16). The van der Waals surface area contributed by atoms with E-state index >= 15 is 0 Å². The van der Waals surface area contributed by atoms with Gasteiger partial charge in [-0.2, -0.15) is 4.37 Å². The van der Waals surface area contributed by atoms with Crippen LogP contribution < -0.4 is 5.32 Å². The van der Waals surface area contributed by atoms with E-state index in [-0.39, 0.29) is 0 Å². The summed E-state index contributed by atoms with van der Waals surface area (Å²) in [4.78, 5) is 4.44. The fraction of sp³-hybridized carbons (Fsp3) is 0.385. The molecule has 0 spiro atoms. The van der Waals surface area contributed by atoms with Crippen LogP contribution in [0, 0.1) is 6.92 Å². The molecule has 96 valence electrons. The van der Waals surface area contributed by atoms with E-state index in [1.807, 2.05) is 0 Å². The van der Waals surface area contributed by atoms with Crippen LogP contribution in [0.3, 0.4) is 0 Å². The zero-order valence-electron chi connectivity index (χ0n) is 10.6. The van der Waals surface area contributed by atoms with Crippen LogP contribution in [0.15, 0.2) is 24.3 Å². The van der Waals surface area contributed by atoms with Crippen molar-refractivity contribution in [2.24, 2.45) is 0 Å². The first-order valence-corrected chi connectivity index (χ1v) is 6.66. The summed E-state index contributed by atoms with van der Waals surface area (Å²) in [6.45, 7) is 3.52. The number of methoxy groups -OCH3 is 1. The average Bonchev–Trinajstić information content (AvgIpc) is 2.80. The molecule has 0 bridgehead atoms. The van der Waals surface area contributed by atoms with E-state index in [4.69, 9.17) is 4.74 Å². The first-order chi connectivity index (χ1) is 8.78. The van der Waals surface area contributed by atoms with Crippen LogP contribution in [0.4, 0.5) is 5.13 Å². The summed E-state index contributed by atoms with van der Waals surface area (Å²) in [6, 6.07) is 8.46. The molecule has 1 aromatic carbocycles. The van der Waals surface area contributed by atoms with Crippen molar-refractivity contribution < 1.29 is 4.74 Å². The Balaban J connectivity index is 1.91. The number of ether oxygens (including phenoxy) is 1. The molecule has 2 aromatic rings. The van der Waals surface area contributed by atoms with Crippen LogP contribution in [0.1, 0.15) is 17.0 Å². The highest BCUT2D eigenvalue weighted by atomic mass is 32.1. The Morgan fingerprint density at radius 1 is 1.28 bits per heavy atom. The number of aromatic nitrogens is 2. The lowest BCUT2D eigenvalue weighted by Gasteiger charge is -1.99. The highest BCUT2D eigenvalue weighted by molar-refractivity contribution is 7.09. The highest BCUT2D eigenvalue weighted by Crippen LogP contribution is 2.14. The molecule has 0 fully saturated rings. The molecule has 0 aliphatic rings. The first-order valence-electron chi connectivity index (χ1n) is 5.89. The molecule has 2 rings (SSSR count). The van der Waals surface area contributed by atoms with Crippen molar-refractivity contribution >= 4 is 16.7 Å². The van der Waals surface area contributed by atoms with Gasteiger partial charge in [0.15, 0.2) is 0 Å². The predicted molar refractivity (Wildman–Crippen MR) is 74.3 cm³/mol. The van der Waals surface area contributed by atoms with Gasteiger partial charge in [-0.25, -0.2) is 4.98 Å². The van der Waals surface area contributed by atoms with Crippen molar-refractivity contribution in [3.8, 4) is 0 Å². The number of aryl methyl sites for hydroxylation is 1. The molecule has 0 aliphatic carbocycles. The summed E-state index contributed by atoms with van der Waals surface area (Å²) in [7, 11) is 1.69. The second-order valence-corrected chi connectivity index (χ2v) is 4.85. The van der Waals surface area contributed by atoms with Crippen molar-refractivity contribution in [2.75, 3.05) is 25.6 Å². The Hall–Kier alpha value is -1.46. The maximum atomic E-state index is 4.97. The zero-order chi connectivity index (χ0) is 12.8. The second-order valence-electron chi connectivity index (χ2n) is 4.10. The molecule has 0 unspecified atom stereocenters. The Morgan fingerprint density at radius 3 is 2.78 bits per heavy atom. The lowest BCUT2D eigenvalue weighted by molar-refractivity contribution is 0.211. The minimum absolute atomic E-state index is 0.673. The van der Waals surface area contributed by atoms with Crippen LogP contribution in [0.5, 0.6) is 0 Å². The molecule has 0 saturated heterocycles. The molecule has 1 N–H and O–H groups in total. The molecule has 4 nitrogen and oxygen atoms in total. The molecule has 0 aliphatic heterocycles. The molecular weight excluding hydrogens is 246 g/mol. The van der Waals surface area contributed by atoms with Crippen LogP contribution in [-0.4, -0.2) is 29.6 Å². The minimum Gasteiger partial charge on any atom is -0.383 e. The summed E-state index contributed by atoms with van der Waals surface area (Å²) in [5, 5.41) is 4.04. The molecular formula is C13H17N3OS. The normalized spacial score (nSPS) is 10.6. The van der Waals surface area contributed by atoms with Gasteiger partial charge in [-0.05, 0) is 12.5 Å². The molecule has 1 heterocycles. The summed E-state index contributed by atoms with van der Waals surface area (Å²) < 4.78 is 9.31. The summed E-state index contributed by atoms with van der Waals surface area (Å²) >= 11 is 1.39. The van der Waals surface area contributed by atoms with E-state index in [1.165, 1.54) is 22.7 Å². The fourth-order valence-corrected chi connectivity index (χ4v) is 2.16. The number of nitrogens with one attached hydrogen (secondary N) is 1. The molecule has 18 heavy (non-hydrogen) atoms. The lowest BCUT2D eigenvalue weighted by Crippen LogP contribution is -2.07. The fourth-order valence-electron chi connectivity index (χ4n) is 1.55. The van der Waals surface area contributed by atoms with E-state index in [2.05, 4.69) is 45.9 Å². The number of hydrogen-bond donors (Lipinski definition) is 1. The van der Waals surface area contributed by atoms with Crippen LogP contribution >= 0.6 is 11.5 Å². The molecule has 0 radical (unpaired) electrons. The van der Waals surface area contributed by atoms with E-state index in [0.717, 1.165) is 23.9 Å². The van der Waals surface area contributed by atoms with Gasteiger partial charge in [0, 0.05) is 31.6 Å². The van der Waals surface area contributed by atoms with Gasteiger partial charge in [-0.15, -0.1) is 0 Å². The largest absolute Gasteiger partial charge is 0.383 e. The number of nitrogens with zero attached hydrogens (tertiary/aromatic N) is 2. The Kier molecular flexibility index (Phi) is 4.66. The van der Waals surface area contributed by atoms with Crippen molar-refractivity contribution in [2.45, 2.75) is 13.3 Å². The van der Waals surface area contributed by atoms with Gasteiger partial charge in [0.2, 0.25) is 5.13 Å². The maximum Gasteiger partial charge on any atom is 0.202 e. The van der Waals surface area contributed by atoms with Crippen molar-refractivity contribution in [1.82, 2.24) is 9.36 Å². The third-order valence-corrected chi connectivity index (χ3v) is 3.24. The molecule has 0 amide bonds. The third-order valence-electron chi connectivity index (χ3n) is 2.53. The molecule has 5 heteroatoms. The van der Waals surface area contributed by atoms with Gasteiger partial charge < -0.3 is 10.1 Å². The van der Waals surface area contributed by atoms with Crippen molar-refractivity contribution in [1.29, 1.82) is 0 Å². The predicted octanol–water partition coefficient (Wildman–Crippen LogP) is 2.50. The number of hydrogen-bond acceptors (Lipinski definition) is 5. The summed E-state index contributed by atoms with van der Waals surface area (Å²) in [5.41, 5.74) is 2.51. The van der Waals surface area contributed by atoms with Crippen LogP contribution in [0.2, 0.25) is 0 Å². The SMILES string of the molecule is COCCNc1nc(Cc2ccc(C)cc2)ns1. The number of benzene rings is 1. The van der Waals surface area contributed by atoms with Crippen molar-refractivity contribution in [3.05, 3.63) is 41.2 Å². The van der Waals surface area contributed by atoms with E-state index < -0.39 is 0 Å². The van der Waals surface area contributed by atoms with Crippen LogP contribution in [0.25, 0.3) is 0 Å². The first kappa shape index (κ1) is 13.0. The molecule has 1 aromatic heterocycles. The molecule has 0 atom stereocenters. The highest BCUT2D eigenvalue weighted by Gasteiger charge is 2.04. The lowest BCUT2D eigenvalue weighted by atomic mass is 10.1. The minimum atomic E-state index is 0.673.